The number of rotatable bonds is 4. The summed E-state index contributed by atoms with van der Waals surface area (Å²) in [4.78, 5) is 12.5. The average Bonchev–Trinajstić information content (AvgIpc) is 2.39. The predicted octanol–water partition coefficient (Wildman–Crippen LogP) is 5.60. The van der Waals surface area contributed by atoms with Crippen LogP contribution >= 0.6 is 47.8 Å². The lowest BCUT2D eigenvalue weighted by Crippen LogP contribution is -2.02. The van der Waals surface area contributed by atoms with E-state index in [2.05, 4.69) is 47.8 Å². The molecular formula is C15H11Br3O2. The average molecular weight is 463 g/mol. The van der Waals surface area contributed by atoms with E-state index in [9.17, 15) is 4.79 Å². The molecule has 0 amide bonds. The number of carbonyl (C=O) groups is 1. The second-order valence-corrected chi connectivity index (χ2v) is 6.75. The molecule has 2 aromatic rings. The van der Waals surface area contributed by atoms with E-state index in [-0.39, 0.29) is 5.78 Å². The minimum atomic E-state index is -0.0317. The van der Waals surface area contributed by atoms with Crippen LogP contribution in [0.4, 0.5) is 0 Å². The number of hydrogen-bond acceptors (Lipinski definition) is 2. The summed E-state index contributed by atoms with van der Waals surface area (Å²) < 4.78 is 7.94. The van der Waals surface area contributed by atoms with Crippen LogP contribution in [-0.4, -0.2) is 12.4 Å². The normalized spacial score (nSPS) is 10.4. The highest BCUT2D eigenvalue weighted by molar-refractivity contribution is 9.11. The lowest BCUT2D eigenvalue weighted by atomic mass is 10.0. The van der Waals surface area contributed by atoms with Gasteiger partial charge in [0, 0.05) is 20.1 Å². The second kappa shape index (κ2) is 6.87. The Labute approximate surface area is 142 Å². The fraction of sp³-hybridized carbons (Fsp3) is 0.133. The zero-order valence-electron chi connectivity index (χ0n) is 10.6. The van der Waals surface area contributed by atoms with E-state index >= 15 is 0 Å². The Morgan fingerprint density at radius 3 is 2.20 bits per heavy atom. The molecule has 0 unspecified atom stereocenters. The zero-order chi connectivity index (χ0) is 14.7. The van der Waals surface area contributed by atoms with Crippen LogP contribution in [-0.2, 0) is 0 Å². The van der Waals surface area contributed by atoms with E-state index in [1.807, 2.05) is 13.0 Å². The van der Waals surface area contributed by atoms with Crippen LogP contribution in [0.25, 0.3) is 0 Å². The first kappa shape index (κ1) is 15.7. The molecule has 0 radical (unpaired) electrons. The molecule has 0 aliphatic heterocycles. The molecule has 0 aliphatic rings. The van der Waals surface area contributed by atoms with Crippen molar-refractivity contribution in [2.24, 2.45) is 0 Å². The molecule has 5 heteroatoms. The first-order chi connectivity index (χ1) is 9.51. The third-order valence-corrected chi connectivity index (χ3v) is 4.15. The Kier molecular flexibility index (Phi) is 5.41. The molecule has 20 heavy (non-hydrogen) atoms. The van der Waals surface area contributed by atoms with E-state index in [1.54, 1.807) is 30.3 Å². The lowest BCUT2D eigenvalue weighted by Gasteiger charge is -2.08. The molecule has 0 aliphatic carbocycles. The highest BCUT2D eigenvalue weighted by atomic mass is 79.9. The molecule has 0 bridgehead atoms. The first-order valence-electron chi connectivity index (χ1n) is 5.94. The summed E-state index contributed by atoms with van der Waals surface area (Å²) in [6.45, 7) is 2.51. The van der Waals surface area contributed by atoms with Gasteiger partial charge in [0.1, 0.15) is 5.75 Å². The van der Waals surface area contributed by atoms with Gasteiger partial charge in [0.05, 0.1) is 11.1 Å². The summed E-state index contributed by atoms with van der Waals surface area (Å²) in [6, 6.07) is 10.8. The molecule has 0 aromatic heterocycles. The van der Waals surface area contributed by atoms with Crippen molar-refractivity contribution >= 4 is 53.6 Å². The van der Waals surface area contributed by atoms with E-state index in [1.165, 1.54) is 0 Å². The highest BCUT2D eigenvalue weighted by Gasteiger charge is 2.12. The van der Waals surface area contributed by atoms with Crippen LogP contribution in [0.2, 0.25) is 0 Å². The molecule has 0 saturated carbocycles. The van der Waals surface area contributed by atoms with Gasteiger partial charge in [-0.05, 0) is 59.3 Å². The van der Waals surface area contributed by atoms with Gasteiger partial charge in [-0.2, -0.15) is 0 Å². The van der Waals surface area contributed by atoms with Gasteiger partial charge in [-0.3, -0.25) is 4.79 Å². The predicted molar refractivity (Wildman–Crippen MR) is 90.6 cm³/mol. The largest absolute Gasteiger partial charge is 0.493 e. The summed E-state index contributed by atoms with van der Waals surface area (Å²) in [7, 11) is 0. The Hall–Kier alpha value is -0.650. The smallest absolute Gasteiger partial charge is 0.193 e. The van der Waals surface area contributed by atoms with Gasteiger partial charge in [0.2, 0.25) is 0 Å². The summed E-state index contributed by atoms with van der Waals surface area (Å²) in [5, 5.41) is 0. The molecule has 0 spiro atoms. The monoisotopic (exact) mass is 460 g/mol. The van der Waals surface area contributed by atoms with E-state index in [0.717, 1.165) is 19.2 Å². The standard InChI is InChI=1S/C15H11Br3O2/c1-2-20-14-4-3-9(7-13(14)18)15(19)10-5-11(16)8-12(17)6-10/h3-8H,2H2,1H3. The molecule has 104 valence electrons. The number of carbonyl (C=O) groups excluding carboxylic acids is 1. The van der Waals surface area contributed by atoms with Crippen LogP contribution < -0.4 is 4.74 Å². The van der Waals surface area contributed by atoms with E-state index < -0.39 is 0 Å². The maximum absolute atomic E-state index is 12.5. The van der Waals surface area contributed by atoms with Crippen LogP contribution in [0.15, 0.2) is 49.8 Å². The van der Waals surface area contributed by atoms with Crippen molar-refractivity contribution in [2.75, 3.05) is 6.61 Å². The topological polar surface area (TPSA) is 26.3 Å². The van der Waals surface area contributed by atoms with Gasteiger partial charge in [-0.25, -0.2) is 0 Å². The lowest BCUT2D eigenvalue weighted by molar-refractivity contribution is 0.103. The molecule has 2 aromatic carbocycles. The van der Waals surface area contributed by atoms with Crippen molar-refractivity contribution in [1.29, 1.82) is 0 Å². The summed E-state index contributed by atoms with van der Waals surface area (Å²) in [6.07, 6.45) is 0. The summed E-state index contributed by atoms with van der Waals surface area (Å²) in [5.41, 5.74) is 1.24. The zero-order valence-corrected chi connectivity index (χ0v) is 15.4. The molecule has 2 nitrogen and oxygen atoms in total. The van der Waals surface area contributed by atoms with Gasteiger partial charge < -0.3 is 4.74 Å². The fourth-order valence-electron chi connectivity index (χ4n) is 1.77. The Bertz CT molecular complexity index is 633. The number of ketones is 1. The van der Waals surface area contributed by atoms with Gasteiger partial charge >= 0.3 is 0 Å². The second-order valence-electron chi connectivity index (χ2n) is 4.07. The van der Waals surface area contributed by atoms with Crippen LogP contribution in [0.5, 0.6) is 5.75 Å². The van der Waals surface area contributed by atoms with Crippen LogP contribution in [0.3, 0.4) is 0 Å². The molecular weight excluding hydrogens is 452 g/mol. The number of benzene rings is 2. The Morgan fingerprint density at radius 2 is 1.65 bits per heavy atom. The Balaban J connectivity index is 2.36. The Morgan fingerprint density at radius 1 is 1.00 bits per heavy atom. The van der Waals surface area contributed by atoms with E-state index in [0.29, 0.717) is 17.7 Å². The van der Waals surface area contributed by atoms with Crippen molar-refractivity contribution in [3.8, 4) is 5.75 Å². The maximum Gasteiger partial charge on any atom is 0.193 e. The van der Waals surface area contributed by atoms with Gasteiger partial charge in [-0.15, -0.1) is 0 Å². The molecule has 0 heterocycles. The fourth-order valence-corrected chi connectivity index (χ4v) is 3.55. The molecule has 0 atom stereocenters. The van der Waals surface area contributed by atoms with Gasteiger partial charge in [0.25, 0.3) is 0 Å². The molecule has 2 rings (SSSR count). The van der Waals surface area contributed by atoms with Gasteiger partial charge in [-0.1, -0.05) is 31.9 Å². The molecule has 0 N–H and O–H groups in total. The van der Waals surface area contributed by atoms with Crippen molar-refractivity contribution in [2.45, 2.75) is 6.92 Å². The van der Waals surface area contributed by atoms with Crippen molar-refractivity contribution in [1.82, 2.24) is 0 Å². The number of ether oxygens (including phenoxy) is 1. The quantitative estimate of drug-likeness (QED) is 0.552. The number of hydrogen-bond donors (Lipinski definition) is 0. The first-order valence-corrected chi connectivity index (χ1v) is 8.32. The summed E-state index contributed by atoms with van der Waals surface area (Å²) in [5.74, 6) is 0.704. The minimum absolute atomic E-state index is 0.0317. The third-order valence-electron chi connectivity index (χ3n) is 2.62. The maximum atomic E-state index is 12.5. The van der Waals surface area contributed by atoms with Crippen molar-refractivity contribution in [3.05, 3.63) is 60.9 Å². The SMILES string of the molecule is CCOc1ccc(C(=O)c2cc(Br)cc(Br)c2)cc1Br. The third kappa shape index (κ3) is 3.71. The number of halogens is 3. The van der Waals surface area contributed by atoms with E-state index in [4.69, 9.17) is 4.74 Å². The highest BCUT2D eigenvalue weighted by Crippen LogP contribution is 2.28. The molecule has 0 saturated heterocycles. The van der Waals surface area contributed by atoms with Crippen molar-refractivity contribution < 1.29 is 9.53 Å². The van der Waals surface area contributed by atoms with Crippen molar-refractivity contribution in [3.63, 3.8) is 0 Å². The molecule has 0 fully saturated rings. The van der Waals surface area contributed by atoms with Gasteiger partial charge in [0.15, 0.2) is 5.78 Å². The van der Waals surface area contributed by atoms with Crippen LogP contribution in [0, 0.1) is 0 Å². The minimum Gasteiger partial charge on any atom is -0.493 e. The van der Waals surface area contributed by atoms with Crippen LogP contribution in [0.1, 0.15) is 22.8 Å². The summed E-state index contributed by atoms with van der Waals surface area (Å²) >= 11 is 10.2.